The van der Waals surface area contributed by atoms with E-state index in [-0.39, 0.29) is 18.2 Å². The van der Waals surface area contributed by atoms with E-state index >= 15 is 0 Å². The van der Waals surface area contributed by atoms with Gasteiger partial charge in [0.25, 0.3) is 0 Å². The van der Waals surface area contributed by atoms with Crippen LogP contribution in [0.15, 0.2) is 30.3 Å². The first-order chi connectivity index (χ1) is 9.37. The van der Waals surface area contributed by atoms with Gasteiger partial charge >= 0.3 is 6.09 Å². The van der Waals surface area contributed by atoms with Crippen LogP contribution in [0.4, 0.5) is 4.79 Å². The van der Waals surface area contributed by atoms with Crippen molar-refractivity contribution in [3.63, 3.8) is 0 Å². The number of benzene rings is 1. The Morgan fingerprint density at radius 2 is 2.00 bits per heavy atom. The summed E-state index contributed by atoms with van der Waals surface area (Å²) in [5.41, 5.74) is 0.718. The lowest BCUT2D eigenvalue weighted by molar-refractivity contribution is 0.0196. The van der Waals surface area contributed by atoms with E-state index in [0.29, 0.717) is 6.61 Å². The second-order valence-electron chi connectivity index (χ2n) is 6.22. The highest BCUT2D eigenvalue weighted by Gasteiger charge is 2.38. The highest BCUT2D eigenvalue weighted by atomic mass is 16.6. The largest absolute Gasteiger partial charge is 0.444 e. The van der Waals surface area contributed by atoms with Gasteiger partial charge in [-0.05, 0) is 32.8 Å². The van der Waals surface area contributed by atoms with Crippen LogP contribution in [0.5, 0.6) is 0 Å². The summed E-state index contributed by atoms with van der Waals surface area (Å²) in [6.45, 7) is 6.33. The maximum atomic E-state index is 12.2. The van der Waals surface area contributed by atoms with E-state index in [9.17, 15) is 4.79 Å². The van der Waals surface area contributed by atoms with Gasteiger partial charge in [-0.2, -0.15) is 0 Å². The molecule has 1 amide bonds. The molecule has 1 heterocycles. The number of nitrogens with zero attached hydrogens (tertiary/aromatic N) is 1. The van der Waals surface area contributed by atoms with Crippen LogP contribution in [0, 0.1) is 0 Å². The number of epoxide rings is 1. The summed E-state index contributed by atoms with van der Waals surface area (Å²) in [5.74, 6) is 0. The van der Waals surface area contributed by atoms with Crippen molar-refractivity contribution in [3.05, 3.63) is 35.9 Å². The summed E-state index contributed by atoms with van der Waals surface area (Å²) in [5, 5.41) is 0. The fourth-order valence-corrected chi connectivity index (χ4v) is 2.12. The molecular formula is C16H23NO3. The Balaban J connectivity index is 2.03. The highest BCUT2D eigenvalue weighted by Crippen LogP contribution is 2.23. The minimum absolute atomic E-state index is 0.0206. The number of ether oxygens (including phenoxy) is 2. The molecular weight excluding hydrogens is 254 g/mol. The Labute approximate surface area is 120 Å². The van der Waals surface area contributed by atoms with E-state index < -0.39 is 5.60 Å². The molecule has 0 bridgehead atoms. The van der Waals surface area contributed by atoms with Crippen molar-refractivity contribution in [2.24, 2.45) is 0 Å². The lowest BCUT2D eigenvalue weighted by Crippen LogP contribution is -2.44. The second-order valence-corrected chi connectivity index (χ2v) is 6.22. The molecule has 0 unspecified atom stereocenters. The zero-order valence-corrected chi connectivity index (χ0v) is 12.6. The summed E-state index contributed by atoms with van der Waals surface area (Å²) >= 11 is 0. The van der Waals surface area contributed by atoms with Gasteiger partial charge in [0, 0.05) is 7.05 Å². The lowest BCUT2D eigenvalue weighted by Gasteiger charge is -2.30. The van der Waals surface area contributed by atoms with Gasteiger partial charge in [0.2, 0.25) is 0 Å². The summed E-state index contributed by atoms with van der Waals surface area (Å²) in [7, 11) is 1.78. The zero-order valence-electron chi connectivity index (χ0n) is 12.6. The fourth-order valence-electron chi connectivity index (χ4n) is 2.12. The predicted molar refractivity (Wildman–Crippen MR) is 77.7 cm³/mol. The molecule has 4 nitrogen and oxygen atoms in total. The molecule has 1 saturated heterocycles. The first-order valence-corrected chi connectivity index (χ1v) is 6.98. The van der Waals surface area contributed by atoms with Crippen molar-refractivity contribution in [2.45, 2.75) is 44.9 Å². The lowest BCUT2D eigenvalue weighted by atomic mass is 10.0. The Morgan fingerprint density at radius 3 is 2.50 bits per heavy atom. The smallest absolute Gasteiger partial charge is 0.410 e. The van der Waals surface area contributed by atoms with Crippen LogP contribution in [-0.4, -0.2) is 42.4 Å². The number of carbonyl (C=O) groups excluding carboxylic acids is 1. The minimum atomic E-state index is -0.479. The minimum Gasteiger partial charge on any atom is -0.444 e. The number of amides is 1. The van der Waals surface area contributed by atoms with Crippen LogP contribution < -0.4 is 0 Å². The van der Waals surface area contributed by atoms with E-state index in [1.807, 2.05) is 39.0 Å². The molecule has 0 aromatic heterocycles. The van der Waals surface area contributed by atoms with Gasteiger partial charge in [-0.15, -0.1) is 0 Å². The van der Waals surface area contributed by atoms with Crippen LogP contribution in [0.2, 0.25) is 0 Å². The first-order valence-electron chi connectivity index (χ1n) is 6.98. The third-order valence-corrected chi connectivity index (χ3v) is 3.25. The third kappa shape index (κ3) is 4.23. The second kappa shape index (κ2) is 5.83. The van der Waals surface area contributed by atoms with Gasteiger partial charge in [0.05, 0.1) is 12.6 Å². The number of hydrogen-bond acceptors (Lipinski definition) is 3. The molecule has 0 radical (unpaired) electrons. The Bertz CT molecular complexity index is 449. The van der Waals surface area contributed by atoms with Gasteiger partial charge in [-0.25, -0.2) is 4.79 Å². The van der Waals surface area contributed by atoms with E-state index in [1.54, 1.807) is 11.9 Å². The Morgan fingerprint density at radius 1 is 1.40 bits per heavy atom. The third-order valence-electron chi connectivity index (χ3n) is 3.25. The number of carbonyl (C=O) groups is 1. The van der Waals surface area contributed by atoms with Crippen molar-refractivity contribution in [3.8, 4) is 0 Å². The van der Waals surface area contributed by atoms with Gasteiger partial charge in [0.1, 0.15) is 11.7 Å². The normalized spacial score (nSPS) is 19.3. The van der Waals surface area contributed by atoms with E-state index in [2.05, 4.69) is 12.1 Å². The molecule has 1 fully saturated rings. The summed E-state index contributed by atoms with van der Waals surface area (Å²) < 4.78 is 10.8. The standard InChI is InChI=1S/C16H23NO3/c1-16(2,3)20-15(18)17(4)13(14-11-19-14)10-12-8-6-5-7-9-12/h5-9,13-14H,10-11H2,1-4H3/t13-,14-/m0/s1. The Kier molecular flexibility index (Phi) is 4.33. The molecule has 1 aliphatic rings. The average molecular weight is 277 g/mol. The SMILES string of the molecule is CN(C(=O)OC(C)(C)C)[C@@H](Cc1ccccc1)[C@@H]1CO1. The fraction of sp³-hybridized carbons (Fsp3) is 0.562. The predicted octanol–water partition coefficient (Wildman–Crippen LogP) is 2.86. The molecule has 1 aromatic carbocycles. The average Bonchev–Trinajstić information content (AvgIpc) is 3.18. The van der Waals surface area contributed by atoms with Crippen molar-refractivity contribution in [1.29, 1.82) is 0 Å². The van der Waals surface area contributed by atoms with Crippen LogP contribution in [0.1, 0.15) is 26.3 Å². The molecule has 1 aromatic rings. The van der Waals surface area contributed by atoms with E-state index in [1.165, 1.54) is 5.56 Å². The summed E-state index contributed by atoms with van der Waals surface area (Å²) in [6, 6.07) is 10.2. The molecule has 2 atom stereocenters. The molecule has 0 aliphatic carbocycles. The van der Waals surface area contributed by atoms with Crippen molar-refractivity contribution in [1.82, 2.24) is 4.90 Å². The van der Waals surface area contributed by atoms with Crippen LogP contribution in [0.3, 0.4) is 0 Å². The quantitative estimate of drug-likeness (QED) is 0.795. The number of hydrogen-bond donors (Lipinski definition) is 0. The van der Waals surface area contributed by atoms with E-state index in [4.69, 9.17) is 9.47 Å². The maximum absolute atomic E-state index is 12.2. The van der Waals surface area contributed by atoms with Crippen molar-refractivity contribution < 1.29 is 14.3 Å². The summed E-state index contributed by atoms with van der Waals surface area (Å²) in [4.78, 5) is 13.8. The van der Waals surface area contributed by atoms with Crippen LogP contribution >= 0.6 is 0 Å². The van der Waals surface area contributed by atoms with Gasteiger partial charge < -0.3 is 14.4 Å². The Hall–Kier alpha value is -1.55. The first kappa shape index (κ1) is 14.9. The highest BCUT2D eigenvalue weighted by molar-refractivity contribution is 5.68. The zero-order chi connectivity index (χ0) is 14.8. The number of likely N-dealkylation sites (N-methyl/N-ethyl adjacent to an activating group) is 1. The maximum Gasteiger partial charge on any atom is 0.410 e. The topological polar surface area (TPSA) is 42.1 Å². The molecule has 20 heavy (non-hydrogen) atoms. The molecule has 2 rings (SSSR count). The molecule has 4 heteroatoms. The van der Waals surface area contributed by atoms with E-state index in [0.717, 1.165) is 6.42 Å². The van der Waals surface area contributed by atoms with Crippen molar-refractivity contribution >= 4 is 6.09 Å². The molecule has 0 saturated carbocycles. The molecule has 0 N–H and O–H groups in total. The van der Waals surface area contributed by atoms with Crippen LogP contribution in [-0.2, 0) is 15.9 Å². The van der Waals surface area contributed by atoms with Gasteiger partial charge in [-0.1, -0.05) is 30.3 Å². The van der Waals surface area contributed by atoms with Gasteiger partial charge in [-0.3, -0.25) is 0 Å². The number of rotatable bonds is 4. The molecule has 1 aliphatic heterocycles. The van der Waals surface area contributed by atoms with Gasteiger partial charge in [0.15, 0.2) is 0 Å². The molecule has 110 valence electrons. The van der Waals surface area contributed by atoms with Crippen molar-refractivity contribution in [2.75, 3.05) is 13.7 Å². The summed E-state index contributed by atoms with van der Waals surface area (Å²) in [6.07, 6.45) is 0.600. The molecule has 0 spiro atoms. The monoisotopic (exact) mass is 277 g/mol. The van der Waals surface area contributed by atoms with Crippen LogP contribution in [0.25, 0.3) is 0 Å².